The molecule has 2 aromatic carbocycles. The van der Waals surface area contributed by atoms with Crippen molar-refractivity contribution in [1.82, 2.24) is 0 Å². The number of hydrogen-bond acceptors (Lipinski definition) is 5. The van der Waals surface area contributed by atoms with Crippen LogP contribution in [0.5, 0.6) is 0 Å². The lowest BCUT2D eigenvalue weighted by Crippen LogP contribution is -2.24. The van der Waals surface area contributed by atoms with Crippen molar-refractivity contribution >= 4 is 29.1 Å². The molecule has 1 aliphatic rings. The summed E-state index contributed by atoms with van der Waals surface area (Å²) in [6.07, 6.45) is 1.06. The molecular weight excluding hydrogens is 399 g/mol. The maximum absolute atomic E-state index is 15.0. The van der Waals surface area contributed by atoms with E-state index in [1.54, 1.807) is 6.92 Å². The third-order valence-electron chi connectivity index (χ3n) is 4.80. The van der Waals surface area contributed by atoms with Crippen LogP contribution in [0, 0.1) is 11.7 Å². The smallest absolute Gasteiger partial charge is 0.339 e. The Kier molecular flexibility index (Phi) is 6.77. The van der Waals surface area contributed by atoms with Crippen molar-refractivity contribution in [2.45, 2.75) is 19.8 Å². The number of Topliss-reactive ketones (excluding diaryl/α,β-unsaturated/α-hetero) is 1. The van der Waals surface area contributed by atoms with Gasteiger partial charge in [-0.15, -0.1) is 0 Å². The van der Waals surface area contributed by atoms with Gasteiger partial charge in [0.25, 0.3) is 0 Å². The summed E-state index contributed by atoms with van der Waals surface area (Å²) in [7, 11) is 0. The minimum Gasteiger partial charge on any atom is -0.462 e. The van der Waals surface area contributed by atoms with Gasteiger partial charge >= 0.3 is 5.97 Å². The summed E-state index contributed by atoms with van der Waals surface area (Å²) in [6, 6.07) is 8.16. The molecular formula is C22H20ClFO5. The molecule has 0 N–H and O–H groups in total. The molecule has 0 bridgehead atoms. The van der Waals surface area contributed by atoms with E-state index in [2.05, 4.69) is 0 Å². The quantitative estimate of drug-likeness (QED) is 0.510. The molecule has 5 nitrogen and oxygen atoms in total. The Morgan fingerprint density at radius 2 is 1.76 bits per heavy atom. The molecule has 1 heterocycles. The van der Waals surface area contributed by atoms with Gasteiger partial charge in [-0.3, -0.25) is 9.59 Å². The van der Waals surface area contributed by atoms with Crippen molar-refractivity contribution in [2.75, 3.05) is 19.8 Å². The van der Waals surface area contributed by atoms with Gasteiger partial charge in [-0.25, -0.2) is 9.18 Å². The second kappa shape index (κ2) is 9.29. The third-order valence-corrected chi connectivity index (χ3v) is 5.05. The zero-order chi connectivity index (χ0) is 21.0. The van der Waals surface area contributed by atoms with Gasteiger partial charge in [-0.1, -0.05) is 11.6 Å². The summed E-state index contributed by atoms with van der Waals surface area (Å²) in [4.78, 5) is 38.2. The monoisotopic (exact) mass is 418 g/mol. The first-order chi connectivity index (χ1) is 13.9. The zero-order valence-corrected chi connectivity index (χ0v) is 16.6. The lowest BCUT2D eigenvalue weighted by molar-refractivity contribution is 0.0521. The van der Waals surface area contributed by atoms with Gasteiger partial charge in [0, 0.05) is 35.3 Å². The van der Waals surface area contributed by atoms with Crippen molar-refractivity contribution in [3.8, 4) is 0 Å². The first-order valence-corrected chi connectivity index (χ1v) is 9.73. The number of halogens is 2. The third kappa shape index (κ3) is 4.71. The van der Waals surface area contributed by atoms with Crippen LogP contribution in [0.1, 0.15) is 56.4 Å². The van der Waals surface area contributed by atoms with E-state index >= 15 is 4.39 Å². The largest absolute Gasteiger partial charge is 0.462 e. The Morgan fingerprint density at radius 3 is 2.38 bits per heavy atom. The molecule has 1 aliphatic heterocycles. The fourth-order valence-electron chi connectivity index (χ4n) is 3.29. The summed E-state index contributed by atoms with van der Waals surface area (Å²) in [5, 5.41) is 0.421. The van der Waals surface area contributed by atoms with Crippen LogP contribution in [0.3, 0.4) is 0 Å². The van der Waals surface area contributed by atoms with E-state index in [1.807, 2.05) is 0 Å². The summed E-state index contributed by atoms with van der Waals surface area (Å²) in [6.45, 7) is 2.56. The van der Waals surface area contributed by atoms with Crippen molar-refractivity contribution < 1.29 is 28.2 Å². The second-order valence-corrected chi connectivity index (χ2v) is 7.12. The van der Waals surface area contributed by atoms with E-state index < -0.39 is 23.1 Å². The van der Waals surface area contributed by atoms with Gasteiger partial charge in [-0.2, -0.15) is 0 Å². The molecule has 0 unspecified atom stereocenters. The minimum atomic E-state index is -0.939. The summed E-state index contributed by atoms with van der Waals surface area (Å²) < 4.78 is 25.3. The van der Waals surface area contributed by atoms with Crippen LogP contribution >= 0.6 is 11.6 Å². The van der Waals surface area contributed by atoms with Crippen LogP contribution in [-0.2, 0) is 9.47 Å². The van der Waals surface area contributed by atoms with E-state index in [0.717, 1.165) is 6.07 Å². The molecule has 0 amide bonds. The Morgan fingerprint density at radius 1 is 1.10 bits per heavy atom. The number of rotatable bonds is 6. The number of esters is 1. The van der Waals surface area contributed by atoms with Gasteiger partial charge in [0.15, 0.2) is 11.6 Å². The highest BCUT2D eigenvalue weighted by atomic mass is 35.5. The molecule has 1 saturated heterocycles. The number of hydrogen-bond donors (Lipinski definition) is 0. The minimum absolute atomic E-state index is 0.0464. The Labute approximate surface area is 172 Å². The fourth-order valence-corrected chi connectivity index (χ4v) is 3.42. The molecule has 0 atom stereocenters. The average Bonchev–Trinajstić information content (AvgIpc) is 2.73. The molecule has 3 rings (SSSR count). The van der Waals surface area contributed by atoms with E-state index in [0.29, 0.717) is 31.1 Å². The molecule has 1 fully saturated rings. The van der Waals surface area contributed by atoms with Gasteiger partial charge in [0.05, 0.1) is 17.7 Å². The number of carbonyl (C=O) groups excluding carboxylic acids is 3. The lowest BCUT2D eigenvalue weighted by Gasteiger charge is -2.21. The van der Waals surface area contributed by atoms with Gasteiger partial charge in [-0.05, 0) is 56.2 Å². The van der Waals surface area contributed by atoms with Crippen LogP contribution in [-0.4, -0.2) is 37.4 Å². The standard InChI is InChI=1S/C22H20ClFO5/c1-2-29-22(27)17-11-15(20(25)14-7-9-28-10-8-14)12-18(24)19(17)21(26)13-3-5-16(23)6-4-13/h3-6,11-12,14H,2,7-10H2,1H3. The molecule has 0 spiro atoms. The summed E-state index contributed by atoms with van der Waals surface area (Å²) in [5.41, 5.74) is -0.469. The topological polar surface area (TPSA) is 69.7 Å². The average molecular weight is 419 g/mol. The summed E-state index contributed by atoms with van der Waals surface area (Å²) >= 11 is 5.84. The van der Waals surface area contributed by atoms with E-state index in [-0.39, 0.29) is 35.0 Å². The molecule has 29 heavy (non-hydrogen) atoms. The first-order valence-electron chi connectivity index (χ1n) is 9.35. The summed E-state index contributed by atoms with van der Waals surface area (Å²) in [5.74, 6) is -3.07. The molecule has 7 heteroatoms. The van der Waals surface area contributed by atoms with Crippen molar-refractivity contribution in [3.05, 3.63) is 69.5 Å². The van der Waals surface area contributed by atoms with E-state index in [1.165, 1.54) is 30.3 Å². The molecule has 0 radical (unpaired) electrons. The highest BCUT2D eigenvalue weighted by Crippen LogP contribution is 2.26. The van der Waals surface area contributed by atoms with Crippen LogP contribution in [0.4, 0.5) is 4.39 Å². The number of benzene rings is 2. The molecule has 0 aromatic heterocycles. The molecule has 0 aliphatic carbocycles. The van der Waals surface area contributed by atoms with E-state index in [4.69, 9.17) is 21.1 Å². The maximum atomic E-state index is 15.0. The Hall–Kier alpha value is -2.57. The zero-order valence-electron chi connectivity index (χ0n) is 15.9. The van der Waals surface area contributed by atoms with Crippen molar-refractivity contribution in [2.24, 2.45) is 5.92 Å². The normalized spacial score (nSPS) is 14.4. The SMILES string of the molecule is CCOC(=O)c1cc(C(=O)C2CCOCC2)cc(F)c1C(=O)c1ccc(Cl)cc1. The van der Waals surface area contributed by atoms with Gasteiger partial charge < -0.3 is 9.47 Å². The first kappa shape index (κ1) is 21.1. The number of ketones is 2. The lowest BCUT2D eigenvalue weighted by atomic mass is 9.88. The van der Waals surface area contributed by atoms with Crippen molar-refractivity contribution in [3.63, 3.8) is 0 Å². The second-order valence-electron chi connectivity index (χ2n) is 6.69. The van der Waals surface area contributed by atoms with Crippen LogP contribution in [0.25, 0.3) is 0 Å². The molecule has 152 valence electrons. The van der Waals surface area contributed by atoms with Crippen molar-refractivity contribution in [1.29, 1.82) is 0 Å². The van der Waals surface area contributed by atoms with Gasteiger partial charge in [0.1, 0.15) is 5.82 Å². The van der Waals surface area contributed by atoms with E-state index in [9.17, 15) is 14.4 Å². The fraction of sp³-hybridized carbons (Fsp3) is 0.318. The Bertz CT molecular complexity index is 933. The maximum Gasteiger partial charge on any atom is 0.339 e. The highest BCUT2D eigenvalue weighted by molar-refractivity contribution is 6.30. The Balaban J connectivity index is 2.05. The highest BCUT2D eigenvalue weighted by Gasteiger charge is 2.29. The molecule has 2 aromatic rings. The molecule has 0 saturated carbocycles. The van der Waals surface area contributed by atoms with Crippen LogP contribution < -0.4 is 0 Å². The van der Waals surface area contributed by atoms with Crippen LogP contribution in [0.2, 0.25) is 5.02 Å². The predicted octanol–water partition coefficient (Wildman–Crippen LogP) is 4.50. The van der Waals surface area contributed by atoms with Crippen LogP contribution in [0.15, 0.2) is 36.4 Å². The van der Waals surface area contributed by atoms with Gasteiger partial charge in [0.2, 0.25) is 0 Å². The predicted molar refractivity (Wildman–Crippen MR) is 105 cm³/mol. The number of carbonyl (C=O) groups is 3. The number of ether oxygens (including phenoxy) is 2.